The van der Waals surface area contributed by atoms with Crippen LogP contribution in [0.1, 0.15) is 38.7 Å². The van der Waals surface area contributed by atoms with Gasteiger partial charge in [-0.2, -0.15) is 0 Å². The van der Waals surface area contributed by atoms with Gasteiger partial charge >= 0.3 is 0 Å². The number of para-hydroxylation sites is 1. The summed E-state index contributed by atoms with van der Waals surface area (Å²) in [6.45, 7) is 7.85. The molecule has 0 spiro atoms. The van der Waals surface area contributed by atoms with Crippen molar-refractivity contribution in [2.75, 3.05) is 6.61 Å². The maximum absolute atomic E-state index is 5.68. The van der Waals surface area contributed by atoms with Crippen molar-refractivity contribution in [3.05, 3.63) is 29.8 Å². The molecule has 15 heavy (non-hydrogen) atoms. The van der Waals surface area contributed by atoms with Gasteiger partial charge in [-0.05, 0) is 35.8 Å². The van der Waals surface area contributed by atoms with E-state index in [1.165, 1.54) is 5.56 Å². The van der Waals surface area contributed by atoms with Crippen LogP contribution < -0.4 is 4.74 Å². The summed E-state index contributed by atoms with van der Waals surface area (Å²) in [4.78, 5) is 0. The zero-order valence-corrected chi connectivity index (χ0v) is 9.86. The van der Waals surface area contributed by atoms with Gasteiger partial charge in [0.05, 0.1) is 6.61 Å². The number of hydrogen-bond acceptors (Lipinski definition) is 1. The minimum atomic E-state index is 0.676. The average molecular weight is 204 g/mol. The SMILES string of the molecule is CC(C)C(C)[C@H]1CCOc2ccccc21. The van der Waals surface area contributed by atoms with Gasteiger partial charge in [0.25, 0.3) is 0 Å². The smallest absolute Gasteiger partial charge is 0.122 e. The Kier molecular flexibility index (Phi) is 2.99. The summed E-state index contributed by atoms with van der Waals surface area (Å²) in [6.07, 6.45) is 1.16. The van der Waals surface area contributed by atoms with E-state index in [0.717, 1.165) is 30.6 Å². The number of hydrogen-bond donors (Lipinski definition) is 0. The monoisotopic (exact) mass is 204 g/mol. The molecule has 0 fully saturated rings. The lowest BCUT2D eigenvalue weighted by molar-refractivity contribution is 0.222. The number of benzene rings is 1. The van der Waals surface area contributed by atoms with Crippen molar-refractivity contribution in [3.8, 4) is 5.75 Å². The second-order valence-electron chi connectivity index (χ2n) is 4.88. The van der Waals surface area contributed by atoms with Gasteiger partial charge in [0.15, 0.2) is 0 Å². The molecule has 82 valence electrons. The quantitative estimate of drug-likeness (QED) is 0.711. The van der Waals surface area contributed by atoms with E-state index >= 15 is 0 Å². The van der Waals surface area contributed by atoms with Crippen LogP contribution in [0.15, 0.2) is 24.3 Å². The first-order valence-electron chi connectivity index (χ1n) is 5.92. The van der Waals surface area contributed by atoms with E-state index in [2.05, 4.69) is 45.0 Å². The zero-order chi connectivity index (χ0) is 10.8. The van der Waals surface area contributed by atoms with Crippen LogP contribution in [0.3, 0.4) is 0 Å². The minimum Gasteiger partial charge on any atom is -0.493 e. The summed E-state index contributed by atoms with van der Waals surface area (Å²) >= 11 is 0. The van der Waals surface area contributed by atoms with E-state index in [4.69, 9.17) is 4.74 Å². The lowest BCUT2D eigenvalue weighted by atomic mass is 9.78. The van der Waals surface area contributed by atoms with Gasteiger partial charge < -0.3 is 4.74 Å². The topological polar surface area (TPSA) is 9.23 Å². The lowest BCUT2D eigenvalue weighted by Crippen LogP contribution is -2.22. The predicted octanol–water partition coefficient (Wildman–Crippen LogP) is 3.84. The van der Waals surface area contributed by atoms with Crippen LogP contribution in [-0.2, 0) is 0 Å². The van der Waals surface area contributed by atoms with Crippen molar-refractivity contribution in [1.82, 2.24) is 0 Å². The van der Waals surface area contributed by atoms with Gasteiger partial charge in [-0.25, -0.2) is 0 Å². The normalized spacial score (nSPS) is 22.0. The summed E-state index contributed by atoms with van der Waals surface area (Å²) in [5.74, 6) is 3.24. The molecule has 1 aromatic carbocycles. The second kappa shape index (κ2) is 4.26. The Hall–Kier alpha value is -0.980. The Morgan fingerprint density at radius 3 is 2.67 bits per heavy atom. The van der Waals surface area contributed by atoms with Crippen LogP contribution in [0, 0.1) is 11.8 Å². The van der Waals surface area contributed by atoms with Crippen LogP contribution in [-0.4, -0.2) is 6.61 Å². The molecule has 1 unspecified atom stereocenters. The largest absolute Gasteiger partial charge is 0.493 e. The van der Waals surface area contributed by atoms with E-state index in [1.54, 1.807) is 0 Å². The van der Waals surface area contributed by atoms with Crippen molar-refractivity contribution in [2.45, 2.75) is 33.1 Å². The molecule has 1 nitrogen and oxygen atoms in total. The Labute approximate surface area is 92.5 Å². The van der Waals surface area contributed by atoms with Crippen LogP contribution in [0.2, 0.25) is 0 Å². The van der Waals surface area contributed by atoms with Crippen molar-refractivity contribution in [1.29, 1.82) is 0 Å². The summed E-state index contributed by atoms with van der Waals surface area (Å²) in [5, 5.41) is 0. The fourth-order valence-corrected chi connectivity index (χ4v) is 2.38. The van der Waals surface area contributed by atoms with E-state index < -0.39 is 0 Å². The van der Waals surface area contributed by atoms with Crippen molar-refractivity contribution in [2.24, 2.45) is 11.8 Å². The van der Waals surface area contributed by atoms with Gasteiger partial charge in [-0.3, -0.25) is 0 Å². The third-order valence-electron chi connectivity index (χ3n) is 3.69. The van der Waals surface area contributed by atoms with Crippen molar-refractivity contribution in [3.63, 3.8) is 0 Å². The summed E-state index contributed by atoms with van der Waals surface area (Å²) in [6, 6.07) is 8.49. The first-order chi connectivity index (χ1) is 7.20. The van der Waals surface area contributed by atoms with Crippen molar-refractivity contribution >= 4 is 0 Å². The molecule has 1 aromatic rings. The van der Waals surface area contributed by atoms with Gasteiger partial charge in [-0.1, -0.05) is 39.0 Å². The molecule has 0 amide bonds. The second-order valence-corrected chi connectivity index (χ2v) is 4.88. The predicted molar refractivity (Wildman–Crippen MR) is 63.3 cm³/mol. The molecule has 0 aliphatic carbocycles. The van der Waals surface area contributed by atoms with E-state index in [-0.39, 0.29) is 0 Å². The maximum atomic E-state index is 5.68. The van der Waals surface area contributed by atoms with Crippen molar-refractivity contribution < 1.29 is 4.74 Å². The molecular weight excluding hydrogens is 184 g/mol. The highest BCUT2D eigenvalue weighted by atomic mass is 16.5. The summed E-state index contributed by atoms with van der Waals surface area (Å²) < 4.78 is 5.68. The first-order valence-corrected chi connectivity index (χ1v) is 5.92. The third kappa shape index (κ3) is 2.01. The van der Waals surface area contributed by atoms with E-state index in [1.807, 2.05) is 0 Å². The number of rotatable bonds is 2. The van der Waals surface area contributed by atoms with Crippen LogP contribution in [0.25, 0.3) is 0 Å². The standard InChI is InChI=1S/C14H20O/c1-10(2)11(3)12-8-9-15-14-7-5-4-6-13(12)14/h4-7,10-12H,8-9H2,1-3H3/t11?,12-/m1/s1. The molecule has 0 aromatic heterocycles. The Bertz CT molecular complexity index is 330. The van der Waals surface area contributed by atoms with E-state index in [0.29, 0.717) is 5.92 Å². The number of ether oxygens (including phenoxy) is 1. The fraction of sp³-hybridized carbons (Fsp3) is 0.571. The van der Waals surface area contributed by atoms with Crippen LogP contribution in [0.4, 0.5) is 0 Å². The Morgan fingerprint density at radius 1 is 1.20 bits per heavy atom. The molecular formula is C14H20O. The molecule has 0 saturated heterocycles. The summed E-state index contributed by atoms with van der Waals surface area (Å²) in [5.41, 5.74) is 1.41. The Balaban J connectivity index is 2.29. The Morgan fingerprint density at radius 2 is 1.93 bits per heavy atom. The van der Waals surface area contributed by atoms with E-state index in [9.17, 15) is 0 Å². The molecule has 0 bridgehead atoms. The molecule has 1 heterocycles. The van der Waals surface area contributed by atoms with Gasteiger partial charge in [0, 0.05) is 0 Å². The molecule has 0 radical (unpaired) electrons. The van der Waals surface area contributed by atoms with Gasteiger partial charge in [0.2, 0.25) is 0 Å². The molecule has 0 saturated carbocycles. The molecule has 2 rings (SSSR count). The molecule has 1 aliphatic heterocycles. The third-order valence-corrected chi connectivity index (χ3v) is 3.69. The fourth-order valence-electron chi connectivity index (χ4n) is 2.38. The average Bonchev–Trinajstić information content (AvgIpc) is 2.27. The number of fused-ring (bicyclic) bond motifs is 1. The molecule has 0 N–H and O–H groups in total. The highest BCUT2D eigenvalue weighted by Gasteiger charge is 2.27. The van der Waals surface area contributed by atoms with Gasteiger partial charge in [0.1, 0.15) is 5.75 Å². The van der Waals surface area contributed by atoms with Gasteiger partial charge in [-0.15, -0.1) is 0 Å². The van der Waals surface area contributed by atoms with Crippen LogP contribution in [0.5, 0.6) is 5.75 Å². The molecule has 1 aliphatic rings. The zero-order valence-electron chi connectivity index (χ0n) is 9.86. The summed E-state index contributed by atoms with van der Waals surface area (Å²) in [7, 11) is 0. The highest BCUT2D eigenvalue weighted by molar-refractivity contribution is 5.38. The highest BCUT2D eigenvalue weighted by Crippen LogP contribution is 2.40. The first kappa shape index (κ1) is 10.5. The minimum absolute atomic E-state index is 0.676. The lowest BCUT2D eigenvalue weighted by Gasteiger charge is -2.32. The maximum Gasteiger partial charge on any atom is 0.122 e. The molecule has 1 heteroatoms. The van der Waals surface area contributed by atoms with Crippen LogP contribution >= 0.6 is 0 Å². The molecule has 2 atom stereocenters.